The van der Waals surface area contributed by atoms with Crippen LogP contribution in [0.4, 0.5) is 0 Å². The zero-order valence-electron chi connectivity index (χ0n) is 12.2. The number of ether oxygens (including phenoxy) is 1. The molecule has 1 rings (SSSR count). The van der Waals surface area contributed by atoms with Crippen molar-refractivity contribution in [2.75, 3.05) is 26.3 Å². The van der Waals surface area contributed by atoms with Crippen molar-refractivity contribution in [3.8, 4) is 0 Å². The Labute approximate surface area is 123 Å². The largest absolute Gasteiger partial charge is 0.381 e. The third kappa shape index (κ3) is 8.45. The van der Waals surface area contributed by atoms with Gasteiger partial charge in [0.25, 0.3) is 0 Å². The summed E-state index contributed by atoms with van der Waals surface area (Å²) in [5.74, 6) is 0.416. The van der Waals surface area contributed by atoms with Crippen molar-refractivity contribution in [2.45, 2.75) is 52.0 Å². The van der Waals surface area contributed by atoms with Gasteiger partial charge in [0.05, 0.1) is 0 Å². The molecule has 2 N–H and O–H groups in total. The molecular weight excluding hydrogens is 264 g/mol. The van der Waals surface area contributed by atoms with Crippen LogP contribution in [0.3, 0.4) is 0 Å². The number of unbranched alkanes of at least 4 members (excludes halogenated alkanes) is 1. The zero-order chi connectivity index (χ0) is 13.2. The average Bonchev–Trinajstić information content (AvgIpc) is 2.37. The Bertz CT molecular complexity index is 239. The molecule has 1 fully saturated rings. The van der Waals surface area contributed by atoms with Crippen molar-refractivity contribution < 1.29 is 9.53 Å². The highest BCUT2D eigenvalue weighted by molar-refractivity contribution is 5.85. The van der Waals surface area contributed by atoms with Gasteiger partial charge in [0.1, 0.15) is 0 Å². The summed E-state index contributed by atoms with van der Waals surface area (Å²) in [6.07, 6.45) is 5.13. The maximum absolute atomic E-state index is 11.9. The number of hydrogen-bond donors (Lipinski definition) is 2. The fraction of sp³-hybridized carbons (Fsp3) is 0.929. The summed E-state index contributed by atoms with van der Waals surface area (Å²) in [6, 6.07) is 0.465. The summed E-state index contributed by atoms with van der Waals surface area (Å²) in [7, 11) is 0. The zero-order valence-corrected chi connectivity index (χ0v) is 13.1. The third-order valence-electron chi connectivity index (χ3n) is 3.40. The van der Waals surface area contributed by atoms with E-state index >= 15 is 0 Å². The second kappa shape index (κ2) is 11.5. The van der Waals surface area contributed by atoms with Crippen LogP contribution in [0, 0.1) is 5.92 Å². The van der Waals surface area contributed by atoms with Crippen LogP contribution in [0.1, 0.15) is 46.0 Å². The summed E-state index contributed by atoms with van der Waals surface area (Å²) in [5.41, 5.74) is 0. The van der Waals surface area contributed by atoms with E-state index in [9.17, 15) is 4.79 Å². The lowest BCUT2D eigenvalue weighted by Crippen LogP contribution is -2.42. The molecule has 0 spiro atoms. The van der Waals surface area contributed by atoms with Crippen molar-refractivity contribution in [3.05, 3.63) is 0 Å². The number of halogens is 1. The molecule has 114 valence electrons. The normalized spacial score (nSPS) is 22.6. The monoisotopic (exact) mass is 292 g/mol. The van der Waals surface area contributed by atoms with E-state index in [0.29, 0.717) is 6.04 Å². The smallest absolute Gasteiger partial charge is 0.223 e. The Morgan fingerprint density at radius 3 is 2.79 bits per heavy atom. The molecule has 1 amide bonds. The Balaban J connectivity index is 0.00000324. The molecular formula is C14H29ClN2O2. The first-order valence-corrected chi connectivity index (χ1v) is 7.33. The molecule has 1 heterocycles. The van der Waals surface area contributed by atoms with E-state index in [0.717, 1.165) is 52.0 Å². The highest BCUT2D eigenvalue weighted by atomic mass is 35.5. The number of piperidine rings is 1. The minimum atomic E-state index is 0. The van der Waals surface area contributed by atoms with E-state index in [-0.39, 0.29) is 24.2 Å². The molecule has 0 saturated carbocycles. The van der Waals surface area contributed by atoms with E-state index in [2.05, 4.69) is 24.5 Å². The standard InChI is InChI=1S/C14H28N2O2.ClH/c1-3-4-9-18-10-5-7-16-14(17)13-6-8-15-12(2)11-13;/h12-13,15H,3-11H2,1-2H3,(H,16,17);1H/t12-,13-;/m0./s1. The van der Waals surface area contributed by atoms with Gasteiger partial charge in [0, 0.05) is 31.7 Å². The van der Waals surface area contributed by atoms with Crippen LogP contribution >= 0.6 is 12.4 Å². The molecule has 2 atom stereocenters. The van der Waals surface area contributed by atoms with E-state index in [1.165, 1.54) is 6.42 Å². The maximum Gasteiger partial charge on any atom is 0.223 e. The lowest BCUT2D eigenvalue weighted by atomic mass is 9.92. The molecule has 0 unspecified atom stereocenters. The molecule has 0 aliphatic carbocycles. The first kappa shape index (κ1) is 18.7. The molecule has 1 saturated heterocycles. The van der Waals surface area contributed by atoms with Crippen LogP contribution in [0.2, 0.25) is 0 Å². The van der Waals surface area contributed by atoms with Crippen LogP contribution in [-0.2, 0) is 9.53 Å². The Morgan fingerprint density at radius 1 is 1.37 bits per heavy atom. The van der Waals surface area contributed by atoms with E-state index in [4.69, 9.17) is 4.74 Å². The Morgan fingerprint density at radius 2 is 2.11 bits per heavy atom. The van der Waals surface area contributed by atoms with Gasteiger partial charge in [-0.25, -0.2) is 0 Å². The highest BCUT2D eigenvalue weighted by Gasteiger charge is 2.23. The van der Waals surface area contributed by atoms with Crippen molar-refractivity contribution >= 4 is 18.3 Å². The van der Waals surface area contributed by atoms with Gasteiger partial charge in [-0.3, -0.25) is 4.79 Å². The van der Waals surface area contributed by atoms with Crippen LogP contribution in [0.5, 0.6) is 0 Å². The van der Waals surface area contributed by atoms with Crippen LogP contribution < -0.4 is 10.6 Å². The van der Waals surface area contributed by atoms with Crippen LogP contribution in [-0.4, -0.2) is 38.3 Å². The third-order valence-corrected chi connectivity index (χ3v) is 3.40. The SMILES string of the molecule is CCCCOCCCNC(=O)[C@H]1CCN[C@@H](C)C1.Cl. The van der Waals surface area contributed by atoms with Crippen LogP contribution in [0.25, 0.3) is 0 Å². The van der Waals surface area contributed by atoms with E-state index < -0.39 is 0 Å². The summed E-state index contributed by atoms with van der Waals surface area (Å²) >= 11 is 0. The van der Waals surface area contributed by atoms with Gasteiger partial charge in [-0.15, -0.1) is 12.4 Å². The number of nitrogens with one attached hydrogen (secondary N) is 2. The number of carbonyl (C=O) groups excluding carboxylic acids is 1. The minimum Gasteiger partial charge on any atom is -0.381 e. The first-order chi connectivity index (χ1) is 8.74. The van der Waals surface area contributed by atoms with Crippen molar-refractivity contribution in [3.63, 3.8) is 0 Å². The van der Waals surface area contributed by atoms with Gasteiger partial charge in [-0.1, -0.05) is 13.3 Å². The molecule has 0 aromatic carbocycles. The molecule has 0 radical (unpaired) electrons. The molecule has 1 aliphatic rings. The fourth-order valence-corrected chi connectivity index (χ4v) is 2.25. The summed E-state index contributed by atoms with van der Waals surface area (Å²) < 4.78 is 5.46. The molecule has 0 aromatic rings. The summed E-state index contributed by atoms with van der Waals surface area (Å²) in [5, 5.41) is 6.38. The maximum atomic E-state index is 11.9. The van der Waals surface area contributed by atoms with Crippen molar-refractivity contribution in [1.82, 2.24) is 10.6 Å². The number of hydrogen-bond acceptors (Lipinski definition) is 3. The molecule has 5 heteroatoms. The molecule has 19 heavy (non-hydrogen) atoms. The molecule has 4 nitrogen and oxygen atoms in total. The average molecular weight is 293 g/mol. The number of amides is 1. The predicted octanol–water partition coefficient (Wildman–Crippen LogP) is 2.12. The van der Waals surface area contributed by atoms with E-state index in [1.54, 1.807) is 0 Å². The lowest BCUT2D eigenvalue weighted by molar-refractivity contribution is -0.126. The van der Waals surface area contributed by atoms with Gasteiger partial charge in [-0.05, 0) is 39.2 Å². The Hall–Kier alpha value is -0.320. The fourth-order valence-electron chi connectivity index (χ4n) is 2.25. The second-order valence-corrected chi connectivity index (χ2v) is 5.19. The van der Waals surface area contributed by atoms with Crippen molar-refractivity contribution in [1.29, 1.82) is 0 Å². The van der Waals surface area contributed by atoms with Gasteiger partial charge in [0.15, 0.2) is 0 Å². The summed E-state index contributed by atoms with van der Waals surface area (Å²) in [4.78, 5) is 11.9. The van der Waals surface area contributed by atoms with Gasteiger partial charge in [0.2, 0.25) is 5.91 Å². The topological polar surface area (TPSA) is 50.4 Å². The van der Waals surface area contributed by atoms with Gasteiger partial charge in [-0.2, -0.15) is 0 Å². The van der Waals surface area contributed by atoms with E-state index in [1.807, 2.05) is 0 Å². The number of carbonyl (C=O) groups is 1. The second-order valence-electron chi connectivity index (χ2n) is 5.19. The summed E-state index contributed by atoms with van der Waals surface area (Å²) in [6.45, 7) is 7.59. The van der Waals surface area contributed by atoms with Crippen molar-refractivity contribution in [2.24, 2.45) is 5.92 Å². The predicted molar refractivity (Wildman–Crippen MR) is 80.8 cm³/mol. The molecule has 0 aromatic heterocycles. The molecule has 0 bridgehead atoms. The number of rotatable bonds is 8. The Kier molecular flexibility index (Phi) is 11.3. The first-order valence-electron chi connectivity index (χ1n) is 7.33. The highest BCUT2D eigenvalue weighted by Crippen LogP contribution is 2.15. The molecule has 1 aliphatic heterocycles. The minimum absolute atomic E-state index is 0. The quantitative estimate of drug-likeness (QED) is 0.674. The van der Waals surface area contributed by atoms with Gasteiger partial charge >= 0.3 is 0 Å². The van der Waals surface area contributed by atoms with Crippen LogP contribution in [0.15, 0.2) is 0 Å². The lowest BCUT2D eigenvalue weighted by Gasteiger charge is -2.27. The van der Waals surface area contributed by atoms with Gasteiger partial charge < -0.3 is 15.4 Å².